The molecule has 2 N–H and O–H groups in total. The number of hydrogen-bond acceptors (Lipinski definition) is 5. The van der Waals surface area contributed by atoms with Gasteiger partial charge in [0, 0.05) is 24.6 Å². The first kappa shape index (κ1) is 21.4. The van der Waals surface area contributed by atoms with Crippen molar-refractivity contribution >= 4 is 23.2 Å². The third kappa shape index (κ3) is 4.16. The van der Waals surface area contributed by atoms with Gasteiger partial charge < -0.3 is 15.4 Å². The molecule has 0 atom stereocenters. The third-order valence-electron chi connectivity index (χ3n) is 6.61. The van der Waals surface area contributed by atoms with Crippen molar-refractivity contribution in [1.82, 2.24) is 9.88 Å². The number of hydrogen-bond donors (Lipinski definition) is 1. The summed E-state index contributed by atoms with van der Waals surface area (Å²) in [5.41, 5.74) is 7.32. The molecule has 0 unspecified atom stereocenters. The van der Waals surface area contributed by atoms with Crippen LogP contribution in [0, 0.1) is 5.41 Å². The normalized spacial score (nSPS) is 21.6. The molecule has 0 bridgehead atoms. The van der Waals surface area contributed by atoms with Crippen LogP contribution >= 0.6 is 11.3 Å². The molecule has 2 aromatic carbocycles. The zero-order valence-electron chi connectivity index (χ0n) is 18.2. The molecule has 3 aromatic rings. The molecule has 2 fully saturated rings. The number of carbonyl (C=O) groups is 2. The van der Waals surface area contributed by atoms with Crippen LogP contribution in [0.2, 0.25) is 0 Å². The fraction of sp³-hybridized carbons (Fsp3) is 0.269. The van der Waals surface area contributed by atoms with Crippen LogP contribution in [0.3, 0.4) is 0 Å². The second kappa shape index (κ2) is 8.48. The third-order valence-corrected chi connectivity index (χ3v) is 7.84. The van der Waals surface area contributed by atoms with E-state index in [1.807, 2.05) is 59.5 Å². The highest BCUT2D eigenvalue weighted by atomic mass is 32.1. The lowest BCUT2D eigenvalue weighted by atomic mass is 9.61. The van der Waals surface area contributed by atoms with Gasteiger partial charge in [-0.25, -0.2) is 4.98 Å². The summed E-state index contributed by atoms with van der Waals surface area (Å²) in [5.74, 6) is 1.31. The highest BCUT2D eigenvalue weighted by molar-refractivity contribution is 7.14. The molecule has 6 nitrogen and oxygen atoms in total. The van der Waals surface area contributed by atoms with E-state index in [-0.39, 0.29) is 11.3 Å². The van der Waals surface area contributed by atoms with Gasteiger partial charge in [-0.2, -0.15) is 0 Å². The number of nitrogens with two attached hydrogens (primary N) is 1. The van der Waals surface area contributed by atoms with Crippen molar-refractivity contribution in [2.24, 2.45) is 11.1 Å². The molecule has 5 rings (SSSR count). The van der Waals surface area contributed by atoms with E-state index < -0.39 is 5.91 Å². The average molecular weight is 460 g/mol. The Morgan fingerprint density at radius 3 is 2.48 bits per heavy atom. The van der Waals surface area contributed by atoms with Gasteiger partial charge in [-0.15, -0.1) is 11.3 Å². The predicted octanol–water partition coefficient (Wildman–Crippen LogP) is 4.98. The number of para-hydroxylation sites is 1. The lowest BCUT2D eigenvalue weighted by Crippen LogP contribution is -2.39. The van der Waals surface area contributed by atoms with Crippen molar-refractivity contribution in [2.75, 3.05) is 13.1 Å². The molecule has 1 aliphatic heterocycles. The molecule has 1 spiro atoms. The van der Waals surface area contributed by atoms with E-state index in [1.54, 1.807) is 0 Å². The Bertz CT molecular complexity index is 1200. The standard InChI is InChI=1S/C26H25N3O3S/c1-2-21(30)29-13-12-26(16-29)14-18(15-26)25-28-22(23(33-25)24(27)31)17-8-10-20(11-9-17)32-19-6-4-3-5-7-19/h2-11,18H,1,12-16H2,(H2,27,31). The van der Waals surface area contributed by atoms with E-state index in [2.05, 4.69) is 6.58 Å². The summed E-state index contributed by atoms with van der Waals surface area (Å²) < 4.78 is 5.86. The fourth-order valence-electron chi connectivity index (χ4n) is 4.93. The molecule has 7 heteroatoms. The van der Waals surface area contributed by atoms with E-state index >= 15 is 0 Å². The van der Waals surface area contributed by atoms with E-state index in [1.165, 1.54) is 17.4 Å². The Morgan fingerprint density at radius 1 is 1.12 bits per heavy atom. The maximum absolute atomic E-state index is 12.2. The molecule has 2 heterocycles. The molecular weight excluding hydrogens is 434 g/mol. The van der Waals surface area contributed by atoms with E-state index in [4.69, 9.17) is 15.5 Å². The van der Waals surface area contributed by atoms with Crippen molar-refractivity contribution < 1.29 is 14.3 Å². The van der Waals surface area contributed by atoms with Crippen molar-refractivity contribution in [3.8, 4) is 22.8 Å². The summed E-state index contributed by atoms with van der Waals surface area (Å²) >= 11 is 1.39. The number of aromatic nitrogens is 1. The number of thiazole rings is 1. The molecule has 0 radical (unpaired) electrons. The summed E-state index contributed by atoms with van der Waals surface area (Å²) in [6, 6.07) is 17.1. The van der Waals surface area contributed by atoms with Gasteiger partial charge in [0.15, 0.2) is 0 Å². The number of benzene rings is 2. The maximum Gasteiger partial charge on any atom is 0.261 e. The maximum atomic E-state index is 12.2. The van der Waals surface area contributed by atoms with Crippen molar-refractivity contribution in [3.63, 3.8) is 0 Å². The first-order chi connectivity index (χ1) is 16.0. The Balaban J connectivity index is 1.32. The number of rotatable bonds is 6. The zero-order valence-corrected chi connectivity index (χ0v) is 19.0. The quantitative estimate of drug-likeness (QED) is 0.527. The molecule has 1 saturated carbocycles. The minimum absolute atomic E-state index is 0.00238. The SMILES string of the molecule is C=CC(=O)N1CCC2(CC(c3nc(-c4ccc(Oc5ccccc5)cc4)c(C(N)=O)s3)C2)C1. The lowest BCUT2D eigenvalue weighted by molar-refractivity contribution is -0.125. The minimum atomic E-state index is -0.462. The summed E-state index contributed by atoms with van der Waals surface area (Å²) in [4.78, 5) is 31.3. The summed E-state index contributed by atoms with van der Waals surface area (Å²) in [6.07, 6.45) is 4.34. The number of amides is 2. The van der Waals surface area contributed by atoms with Crippen molar-refractivity contribution in [3.05, 3.63) is 77.1 Å². The minimum Gasteiger partial charge on any atom is -0.457 e. The van der Waals surface area contributed by atoms with Crippen LogP contribution in [0.1, 0.15) is 39.9 Å². The van der Waals surface area contributed by atoms with Crippen LogP contribution in [-0.2, 0) is 4.79 Å². The van der Waals surface area contributed by atoms with Gasteiger partial charge >= 0.3 is 0 Å². The number of likely N-dealkylation sites (tertiary alicyclic amines) is 1. The number of primary amides is 1. The highest BCUT2D eigenvalue weighted by Gasteiger charge is 2.50. The Morgan fingerprint density at radius 2 is 1.82 bits per heavy atom. The van der Waals surface area contributed by atoms with Gasteiger partial charge in [-0.1, -0.05) is 24.8 Å². The van der Waals surface area contributed by atoms with Gasteiger partial charge in [-0.05, 0) is 67.2 Å². The van der Waals surface area contributed by atoms with Crippen LogP contribution < -0.4 is 10.5 Å². The summed E-state index contributed by atoms with van der Waals surface area (Å²) in [6.45, 7) is 5.15. The van der Waals surface area contributed by atoms with Crippen LogP contribution in [0.25, 0.3) is 11.3 Å². The van der Waals surface area contributed by atoms with Gasteiger partial charge in [0.25, 0.3) is 5.91 Å². The van der Waals surface area contributed by atoms with E-state index in [9.17, 15) is 9.59 Å². The zero-order chi connectivity index (χ0) is 23.0. The number of ether oxygens (including phenoxy) is 1. The number of carbonyl (C=O) groups excluding carboxylic acids is 2. The van der Waals surface area contributed by atoms with Gasteiger partial charge in [0.1, 0.15) is 16.4 Å². The Hall–Kier alpha value is -3.45. The average Bonchev–Trinajstić information content (AvgIpc) is 3.44. The first-order valence-corrected chi connectivity index (χ1v) is 11.8. The Labute approximate surface area is 196 Å². The molecule has 1 saturated heterocycles. The summed E-state index contributed by atoms with van der Waals surface area (Å²) in [7, 11) is 0. The second-order valence-electron chi connectivity index (χ2n) is 8.85. The fourth-order valence-corrected chi connectivity index (χ4v) is 5.97. The van der Waals surface area contributed by atoms with Gasteiger partial charge in [0.2, 0.25) is 5.91 Å². The van der Waals surface area contributed by atoms with Crippen LogP contribution in [0.4, 0.5) is 0 Å². The first-order valence-electron chi connectivity index (χ1n) is 11.0. The van der Waals surface area contributed by atoms with Crippen molar-refractivity contribution in [1.29, 1.82) is 0 Å². The van der Waals surface area contributed by atoms with Crippen LogP contribution in [0.5, 0.6) is 11.5 Å². The molecule has 1 aromatic heterocycles. The topological polar surface area (TPSA) is 85.5 Å². The van der Waals surface area contributed by atoms with Crippen molar-refractivity contribution in [2.45, 2.75) is 25.2 Å². The monoisotopic (exact) mass is 459 g/mol. The van der Waals surface area contributed by atoms with E-state index in [0.29, 0.717) is 22.2 Å². The number of nitrogens with zero attached hydrogens (tertiary/aromatic N) is 2. The smallest absolute Gasteiger partial charge is 0.261 e. The van der Waals surface area contributed by atoms with Crippen LogP contribution in [0.15, 0.2) is 67.3 Å². The van der Waals surface area contributed by atoms with Crippen LogP contribution in [-0.4, -0.2) is 34.8 Å². The molecule has 2 amide bonds. The Kier molecular flexibility index (Phi) is 5.50. The largest absolute Gasteiger partial charge is 0.457 e. The summed E-state index contributed by atoms with van der Waals surface area (Å²) in [5, 5.41) is 0.947. The second-order valence-corrected chi connectivity index (χ2v) is 9.88. The van der Waals surface area contributed by atoms with Gasteiger partial charge in [0.05, 0.1) is 10.7 Å². The molecule has 33 heavy (non-hydrogen) atoms. The highest BCUT2D eigenvalue weighted by Crippen LogP contribution is 2.57. The van der Waals surface area contributed by atoms with E-state index in [0.717, 1.165) is 48.7 Å². The molecule has 1 aliphatic carbocycles. The molecule has 168 valence electrons. The predicted molar refractivity (Wildman–Crippen MR) is 128 cm³/mol. The van der Waals surface area contributed by atoms with Gasteiger partial charge in [-0.3, -0.25) is 9.59 Å². The molecule has 2 aliphatic rings. The lowest BCUT2D eigenvalue weighted by Gasteiger charge is -2.44. The molecular formula is C26H25N3O3S.